The van der Waals surface area contributed by atoms with Gasteiger partial charge in [0.1, 0.15) is 6.04 Å². The minimum Gasteiger partial charge on any atom is -0.480 e. The van der Waals surface area contributed by atoms with Gasteiger partial charge in [0, 0.05) is 6.54 Å². The molecule has 0 aromatic heterocycles. The molecule has 0 aliphatic rings. The van der Waals surface area contributed by atoms with Crippen molar-refractivity contribution in [3.05, 3.63) is 0 Å². The van der Waals surface area contributed by atoms with Gasteiger partial charge in [-0.05, 0) is 6.54 Å². The number of hydrogen-bond donors (Lipinski definition) is 3. The molecule has 0 saturated carbocycles. The van der Waals surface area contributed by atoms with Gasteiger partial charge in [0.25, 0.3) is 0 Å². The van der Waals surface area contributed by atoms with Crippen LogP contribution in [0.2, 0.25) is 0 Å². The van der Waals surface area contributed by atoms with E-state index in [4.69, 9.17) is 15.9 Å². The Labute approximate surface area is 75.9 Å². The number of nitrogens with zero attached hydrogens (tertiary/aromatic N) is 1. The molecule has 0 aliphatic carbocycles. The molecule has 0 fully saturated rings. The zero-order valence-electron chi connectivity index (χ0n) is 7.43. The summed E-state index contributed by atoms with van der Waals surface area (Å²) in [5.74, 6) is -2.11. The van der Waals surface area contributed by atoms with Crippen LogP contribution in [0.4, 0.5) is 0 Å². The van der Waals surface area contributed by atoms with Gasteiger partial charge in [-0.25, -0.2) is 0 Å². The van der Waals surface area contributed by atoms with Gasteiger partial charge < -0.3 is 15.9 Å². The molecule has 0 aromatic carbocycles. The third-order valence-corrected chi connectivity index (χ3v) is 1.58. The van der Waals surface area contributed by atoms with E-state index in [1.54, 1.807) is 6.92 Å². The lowest BCUT2D eigenvalue weighted by atomic mass is 10.3. The fraction of sp³-hybridized carbons (Fsp3) is 0.714. The maximum atomic E-state index is 10.3. The smallest absolute Gasteiger partial charge is 0.321 e. The highest BCUT2D eigenvalue weighted by atomic mass is 16.4. The van der Waals surface area contributed by atoms with Crippen molar-refractivity contribution in [3.8, 4) is 0 Å². The van der Waals surface area contributed by atoms with Crippen LogP contribution in [0.3, 0.4) is 0 Å². The topological polar surface area (TPSA) is 104 Å². The van der Waals surface area contributed by atoms with Crippen molar-refractivity contribution < 1.29 is 19.8 Å². The van der Waals surface area contributed by atoms with Crippen molar-refractivity contribution in [3.63, 3.8) is 0 Å². The largest absolute Gasteiger partial charge is 0.480 e. The van der Waals surface area contributed by atoms with Crippen molar-refractivity contribution in [2.24, 2.45) is 5.73 Å². The molecule has 0 bridgehead atoms. The van der Waals surface area contributed by atoms with Crippen LogP contribution in [0.1, 0.15) is 6.92 Å². The van der Waals surface area contributed by atoms with Crippen molar-refractivity contribution in [2.75, 3.05) is 19.6 Å². The van der Waals surface area contributed by atoms with Crippen LogP contribution in [0, 0.1) is 0 Å². The molecule has 1 unspecified atom stereocenters. The molecule has 0 radical (unpaired) electrons. The molecule has 0 aromatic rings. The highest BCUT2D eigenvalue weighted by molar-refractivity contribution is 5.73. The van der Waals surface area contributed by atoms with E-state index in [9.17, 15) is 9.59 Å². The highest BCUT2D eigenvalue weighted by Gasteiger charge is 2.16. The first-order chi connectivity index (χ1) is 5.97. The van der Waals surface area contributed by atoms with Crippen LogP contribution in [0.15, 0.2) is 0 Å². The summed E-state index contributed by atoms with van der Waals surface area (Å²) in [4.78, 5) is 22.1. The molecule has 0 rings (SSSR count). The quantitative estimate of drug-likeness (QED) is 0.486. The van der Waals surface area contributed by atoms with Crippen LogP contribution in [-0.2, 0) is 9.59 Å². The Morgan fingerprint density at radius 1 is 1.46 bits per heavy atom. The number of nitrogens with two attached hydrogens (primary N) is 1. The first-order valence-electron chi connectivity index (χ1n) is 3.90. The summed E-state index contributed by atoms with van der Waals surface area (Å²) >= 11 is 0. The lowest BCUT2D eigenvalue weighted by Gasteiger charge is -2.19. The highest BCUT2D eigenvalue weighted by Crippen LogP contribution is 1.90. The van der Waals surface area contributed by atoms with Gasteiger partial charge in [-0.2, -0.15) is 0 Å². The van der Waals surface area contributed by atoms with Gasteiger partial charge in [0.15, 0.2) is 0 Å². The number of likely N-dealkylation sites (N-methyl/N-ethyl adjacent to an activating group) is 1. The second kappa shape index (κ2) is 5.50. The van der Waals surface area contributed by atoms with Crippen molar-refractivity contribution in [1.82, 2.24) is 4.90 Å². The summed E-state index contributed by atoms with van der Waals surface area (Å²) in [6.07, 6.45) is 0. The Morgan fingerprint density at radius 3 is 2.31 bits per heavy atom. The molecule has 0 spiro atoms. The van der Waals surface area contributed by atoms with Gasteiger partial charge in [0.05, 0.1) is 6.54 Å². The predicted octanol–water partition coefficient (Wildman–Crippen LogP) is -1.20. The lowest BCUT2D eigenvalue weighted by Crippen LogP contribution is -2.44. The van der Waals surface area contributed by atoms with E-state index in [0.717, 1.165) is 0 Å². The molecule has 0 saturated heterocycles. The van der Waals surface area contributed by atoms with E-state index >= 15 is 0 Å². The number of rotatable bonds is 6. The summed E-state index contributed by atoms with van der Waals surface area (Å²) in [7, 11) is 0. The minimum atomic E-state index is -1.12. The average molecular weight is 190 g/mol. The zero-order valence-corrected chi connectivity index (χ0v) is 7.43. The van der Waals surface area contributed by atoms with Gasteiger partial charge in [-0.15, -0.1) is 0 Å². The van der Waals surface area contributed by atoms with Crippen molar-refractivity contribution in [2.45, 2.75) is 13.0 Å². The van der Waals surface area contributed by atoms with Crippen LogP contribution < -0.4 is 5.73 Å². The third-order valence-electron chi connectivity index (χ3n) is 1.58. The number of hydrogen-bond acceptors (Lipinski definition) is 4. The monoisotopic (exact) mass is 190 g/mol. The maximum Gasteiger partial charge on any atom is 0.321 e. The molecule has 1 atom stereocenters. The van der Waals surface area contributed by atoms with E-state index < -0.39 is 18.0 Å². The Hall–Kier alpha value is -1.14. The summed E-state index contributed by atoms with van der Waals surface area (Å²) in [5, 5.41) is 16.9. The van der Waals surface area contributed by atoms with E-state index in [1.807, 2.05) is 0 Å². The summed E-state index contributed by atoms with van der Waals surface area (Å²) in [5.41, 5.74) is 5.23. The molecule has 13 heavy (non-hydrogen) atoms. The zero-order chi connectivity index (χ0) is 10.4. The molecule has 76 valence electrons. The van der Waals surface area contributed by atoms with Gasteiger partial charge in [0.2, 0.25) is 0 Å². The number of carboxylic acid groups (broad SMARTS) is 2. The van der Waals surface area contributed by atoms with E-state index in [-0.39, 0.29) is 13.1 Å². The molecular weight excluding hydrogens is 176 g/mol. The minimum absolute atomic E-state index is 0.0537. The average Bonchev–Trinajstić information content (AvgIpc) is 2.02. The second-order valence-electron chi connectivity index (χ2n) is 2.67. The van der Waals surface area contributed by atoms with E-state index in [0.29, 0.717) is 6.54 Å². The van der Waals surface area contributed by atoms with E-state index in [1.165, 1.54) is 4.90 Å². The van der Waals surface area contributed by atoms with Gasteiger partial charge >= 0.3 is 11.9 Å². The van der Waals surface area contributed by atoms with Gasteiger partial charge in [-0.3, -0.25) is 14.5 Å². The fourth-order valence-electron chi connectivity index (χ4n) is 0.853. The molecule has 4 N–H and O–H groups in total. The fourth-order valence-corrected chi connectivity index (χ4v) is 0.853. The number of aliphatic carboxylic acids is 2. The molecule has 6 heteroatoms. The molecule has 6 nitrogen and oxygen atoms in total. The molecule has 0 amide bonds. The third kappa shape index (κ3) is 5.15. The molecule has 0 heterocycles. The predicted molar refractivity (Wildman–Crippen MR) is 45.4 cm³/mol. The van der Waals surface area contributed by atoms with Crippen LogP contribution in [0.5, 0.6) is 0 Å². The Bertz CT molecular complexity index is 195. The Balaban J connectivity index is 3.97. The lowest BCUT2D eigenvalue weighted by molar-refractivity contribution is -0.141. The summed E-state index contributed by atoms with van der Waals surface area (Å²) in [6, 6.07) is -1.03. The van der Waals surface area contributed by atoms with E-state index in [2.05, 4.69) is 0 Å². The Kier molecular flexibility index (Phi) is 5.01. The van der Waals surface area contributed by atoms with Gasteiger partial charge in [-0.1, -0.05) is 6.92 Å². The van der Waals surface area contributed by atoms with Crippen LogP contribution in [0.25, 0.3) is 0 Å². The first kappa shape index (κ1) is 11.9. The second-order valence-corrected chi connectivity index (χ2v) is 2.67. The molecule has 0 aliphatic heterocycles. The number of carbonyl (C=O) groups is 2. The van der Waals surface area contributed by atoms with Crippen molar-refractivity contribution >= 4 is 11.9 Å². The van der Waals surface area contributed by atoms with Crippen molar-refractivity contribution in [1.29, 1.82) is 0 Å². The van der Waals surface area contributed by atoms with Crippen LogP contribution >= 0.6 is 0 Å². The first-order valence-corrected chi connectivity index (χ1v) is 3.90. The summed E-state index contributed by atoms with van der Waals surface area (Å²) < 4.78 is 0. The maximum absolute atomic E-state index is 10.3. The molecular formula is C7H14N2O4. The summed E-state index contributed by atoms with van der Waals surface area (Å²) in [6.45, 7) is 2.08. The van der Waals surface area contributed by atoms with Crippen LogP contribution in [-0.4, -0.2) is 52.7 Å². The SMILES string of the molecule is CCN(CC(=O)O)CC(N)C(=O)O. The standard InChI is InChI=1S/C7H14N2O4/c1-2-9(4-6(10)11)3-5(8)7(12)13/h5H,2-4,8H2,1H3,(H,10,11)(H,12,13). The number of carboxylic acids is 2. The Morgan fingerprint density at radius 2 is 2.00 bits per heavy atom. The normalized spacial score (nSPS) is 12.8.